The summed E-state index contributed by atoms with van der Waals surface area (Å²) in [6.07, 6.45) is -0.661. The van der Waals surface area contributed by atoms with Crippen LogP contribution in [-0.4, -0.2) is 15.2 Å². The number of rotatable bonds is 1. The van der Waals surface area contributed by atoms with Gasteiger partial charge in [0.1, 0.15) is 6.10 Å². The van der Waals surface area contributed by atoms with Crippen LogP contribution in [0.25, 0.3) is 0 Å². The number of hydrogen-bond donors (Lipinski definition) is 1. The van der Waals surface area contributed by atoms with E-state index in [1.807, 2.05) is 0 Å². The summed E-state index contributed by atoms with van der Waals surface area (Å²) < 4.78 is 4.61. The van der Waals surface area contributed by atoms with Gasteiger partial charge in [0.05, 0.1) is 0 Å². The summed E-state index contributed by atoms with van der Waals surface area (Å²) in [4.78, 5) is 3.78. The fraction of sp³-hybridized carbons (Fsp3) is 0.600. The van der Waals surface area contributed by atoms with Gasteiger partial charge in [-0.15, -0.1) is 0 Å². The van der Waals surface area contributed by atoms with Gasteiger partial charge in [0.2, 0.25) is 0 Å². The van der Waals surface area contributed by atoms with Gasteiger partial charge < -0.3 is 9.63 Å². The predicted molar refractivity (Wildman–Crippen MR) is 29.7 cm³/mol. The fourth-order valence-electron chi connectivity index (χ4n) is 0.483. The molecule has 1 rings (SSSR count). The number of aryl methyl sites for hydroxylation is 1. The van der Waals surface area contributed by atoms with E-state index >= 15 is 0 Å². The van der Waals surface area contributed by atoms with Crippen LogP contribution in [0.3, 0.4) is 0 Å². The van der Waals surface area contributed by atoms with E-state index in [1.165, 1.54) is 0 Å². The molecular weight excluding hydrogens is 120 g/mol. The van der Waals surface area contributed by atoms with Crippen LogP contribution >= 0.6 is 0 Å². The van der Waals surface area contributed by atoms with Crippen LogP contribution in [0, 0.1) is 6.92 Å². The van der Waals surface area contributed by atoms with E-state index in [4.69, 9.17) is 5.11 Å². The summed E-state index contributed by atoms with van der Waals surface area (Å²) in [6.45, 7) is 3.28. The predicted octanol–water partition coefficient (Wildman–Crippen LogP) is 0.431. The lowest BCUT2D eigenvalue weighted by Crippen LogP contribution is -1.89. The Morgan fingerprint density at radius 2 is 2.33 bits per heavy atom. The van der Waals surface area contributed by atoms with Crippen LogP contribution < -0.4 is 0 Å². The molecule has 0 unspecified atom stereocenters. The van der Waals surface area contributed by atoms with E-state index in [2.05, 4.69) is 14.7 Å². The van der Waals surface area contributed by atoms with Gasteiger partial charge in [-0.2, -0.15) is 4.98 Å². The monoisotopic (exact) mass is 128 g/mol. The van der Waals surface area contributed by atoms with Crippen LogP contribution in [-0.2, 0) is 0 Å². The third kappa shape index (κ3) is 1.26. The first-order chi connectivity index (χ1) is 4.20. The Kier molecular flexibility index (Phi) is 1.48. The zero-order chi connectivity index (χ0) is 6.85. The van der Waals surface area contributed by atoms with Crippen molar-refractivity contribution in [1.29, 1.82) is 0 Å². The average molecular weight is 128 g/mol. The molecule has 1 heterocycles. The van der Waals surface area contributed by atoms with Crippen molar-refractivity contribution in [2.24, 2.45) is 0 Å². The van der Waals surface area contributed by atoms with E-state index in [0.717, 1.165) is 0 Å². The fourth-order valence-corrected chi connectivity index (χ4v) is 0.483. The van der Waals surface area contributed by atoms with Crippen molar-refractivity contribution in [3.63, 3.8) is 0 Å². The lowest BCUT2D eigenvalue weighted by atomic mass is 10.4. The van der Waals surface area contributed by atoms with Crippen molar-refractivity contribution < 1.29 is 9.63 Å². The molecule has 0 aromatic carbocycles. The van der Waals surface area contributed by atoms with Crippen molar-refractivity contribution in [2.45, 2.75) is 20.0 Å². The molecule has 4 heteroatoms. The Hall–Kier alpha value is -0.900. The highest BCUT2D eigenvalue weighted by Crippen LogP contribution is 2.06. The molecular formula is C5H8N2O2. The summed E-state index contributed by atoms with van der Waals surface area (Å²) in [5, 5.41) is 12.3. The molecule has 0 saturated carbocycles. The molecule has 0 fully saturated rings. The quantitative estimate of drug-likeness (QED) is 0.595. The van der Waals surface area contributed by atoms with Gasteiger partial charge in [0.25, 0.3) is 5.89 Å². The minimum absolute atomic E-state index is 0.271. The number of aromatic nitrogens is 2. The summed E-state index contributed by atoms with van der Waals surface area (Å²) in [5.41, 5.74) is 0. The Labute approximate surface area is 52.5 Å². The largest absolute Gasteiger partial charge is 0.384 e. The van der Waals surface area contributed by atoms with Gasteiger partial charge in [-0.1, -0.05) is 5.16 Å². The molecule has 1 aromatic rings. The maximum absolute atomic E-state index is 8.84. The summed E-state index contributed by atoms with van der Waals surface area (Å²) in [7, 11) is 0. The summed E-state index contributed by atoms with van der Waals surface area (Å²) >= 11 is 0. The Morgan fingerprint density at radius 1 is 1.67 bits per heavy atom. The third-order valence-corrected chi connectivity index (χ3v) is 0.901. The number of aliphatic hydroxyl groups is 1. The highest BCUT2D eigenvalue weighted by atomic mass is 16.5. The van der Waals surface area contributed by atoms with E-state index < -0.39 is 6.10 Å². The molecule has 1 aromatic heterocycles. The second-order valence-electron chi connectivity index (χ2n) is 1.86. The molecule has 0 radical (unpaired) electrons. The van der Waals surface area contributed by atoms with Gasteiger partial charge in [-0.3, -0.25) is 0 Å². The minimum atomic E-state index is -0.661. The maximum atomic E-state index is 8.84. The number of hydrogen-bond acceptors (Lipinski definition) is 4. The van der Waals surface area contributed by atoms with Crippen LogP contribution in [0.15, 0.2) is 4.52 Å². The molecule has 0 amide bonds. The molecule has 0 spiro atoms. The molecule has 9 heavy (non-hydrogen) atoms. The molecule has 0 aliphatic rings. The standard InChI is InChI=1S/C5H8N2O2/c1-3(8)5-6-4(2)7-9-5/h3,8H,1-2H3/t3-/m1/s1. The topological polar surface area (TPSA) is 59.2 Å². The van der Waals surface area contributed by atoms with Crippen molar-refractivity contribution >= 4 is 0 Å². The second kappa shape index (κ2) is 2.14. The number of aliphatic hydroxyl groups excluding tert-OH is 1. The van der Waals surface area contributed by atoms with Crippen LogP contribution in [0.1, 0.15) is 24.7 Å². The molecule has 50 valence electrons. The molecule has 0 aliphatic carbocycles. The molecule has 0 saturated heterocycles. The maximum Gasteiger partial charge on any atom is 0.255 e. The number of nitrogens with zero attached hydrogens (tertiary/aromatic N) is 2. The van der Waals surface area contributed by atoms with Gasteiger partial charge in [-0.25, -0.2) is 0 Å². The lowest BCUT2D eigenvalue weighted by Gasteiger charge is -1.90. The molecule has 1 atom stereocenters. The highest BCUT2D eigenvalue weighted by Gasteiger charge is 2.07. The average Bonchev–Trinajstić information content (AvgIpc) is 2.14. The first kappa shape index (κ1) is 6.22. The highest BCUT2D eigenvalue weighted by molar-refractivity contribution is 4.84. The van der Waals surface area contributed by atoms with Gasteiger partial charge in [0.15, 0.2) is 5.82 Å². The first-order valence-electron chi connectivity index (χ1n) is 2.68. The summed E-state index contributed by atoms with van der Waals surface area (Å²) in [5.74, 6) is 0.818. The Balaban J connectivity index is 2.85. The molecule has 1 N–H and O–H groups in total. The lowest BCUT2D eigenvalue weighted by molar-refractivity contribution is 0.151. The van der Waals surface area contributed by atoms with E-state index in [1.54, 1.807) is 13.8 Å². The van der Waals surface area contributed by atoms with Crippen molar-refractivity contribution in [3.8, 4) is 0 Å². The van der Waals surface area contributed by atoms with Crippen LogP contribution in [0.2, 0.25) is 0 Å². The zero-order valence-electron chi connectivity index (χ0n) is 5.33. The molecule has 0 bridgehead atoms. The van der Waals surface area contributed by atoms with E-state index in [-0.39, 0.29) is 5.89 Å². The van der Waals surface area contributed by atoms with Crippen molar-refractivity contribution in [3.05, 3.63) is 11.7 Å². The first-order valence-corrected chi connectivity index (χ1v) is 2.68. The van der Waals surface area contributed by atoms with Crippen molar-refractivity contribution in [2.75, 3.05) is 0 Å². The smallest absolute Gasteiger partial charge is 0.255 e. The normalized spacial score (nSPS) is 13.7. The third-order valence-electron chi connectivity index (χ3n) is 0.901. The minimum Gasteiger partial charge on any atom is -0.384 e. The molecule has 0 aliphatic heterocycles. The van der Waals surface area contributed by atoms with E-state index in [9.17, 15) is 0 Å². The molecule has 4 nitrogen and oxygen atoms in total. The SMILES string of the molecule is Cc1noc([C@@H](C)O)n1. The van der Waals surface area contributed by atoms with Crippen LogP contribution in [0.5, 0.6) is 0 Å². The summed E-state index contributed by atoms with van der Waals surface area (Å²) in [6, 6.07) is 0. The van der Waals surface area contributed by atoms with E-state index in [0.29, 0.717) is 5.82 Å². The Bertz CT molecular complexity index is 195. The Morgan fingerprint density at radius 3 is 2.56 bits per heavy atom. The van der Waals surface area contributed by atoms with Gasteiger partial charge >= 0.3 is 0 Å². The van der Waals surface area contributed by atoms with Gasteiger partial charge in [0, 0.05) is 0 Å². The zero-order valence-corrected chi connectivity index (χ0v) is 5.33. The van der Waals surface area contributed by atoms with Crippen molar-refractivity contribution in [1.82, 2.24) is 10.1 Å². The van der Waals surface area contributed by atoms with Crippen LogP contribution in [0.4, 0.5) is 0 Å². The van der Waals surface area contributed by atoms with Gasteiger partial charge in [-0.05, 0) is 13.8 Å². The second-order valence-corrected chi connectivity index (χ2v) is 1.86.